The predicted octanol–water partition coefficient (Wildman–Crippen LogP) is 2.88. The molecule has 0 spiro atoms. The predicted molar refractivity (Wildman–Crippen MR) is 88.9 cm³/mol. The van der Waals surface area contributed by atoms with Crippen LogP contribution in [0.1, 0.15) is 42.9 Å². The zero-order valence-corrected chi connectivity index (χ0v) is 14.4. The van der Waals surface area contributed by atoms with Gasteiger partial charge in [0, 0.05) is 55.1 Å². The first-order valence-corrected chi connectivity index (χ1v) is 8.30. The molecule has 0 saturated carbocycles. The summed E-state index contributed by atoms with van der Waals surface area (Å²) < 4.78 is 1.92. The maximum Gasteiger partial charge on any atom is 0.185 e. The van der Waals surface area contributed by atoms with Gasteiger partial charge in [0.05, 0.1) is 6.20 Å². The van der Waals surface area contributed by atoms with Gasteiger partial charge >= 0.3 is 0 Å². The molecule has 0 bridgehead atoms. The van der Waals surface area contributed by atoms with Gasteiger partial charge in [0.2, 0.25) is 0 Å². The maximum atomic E-state index is 4.52. The van der Waals surface area contributed by atoms with E-state index in [4.69, 9.17) is 0 Å². The van der Waals surface area contributed by atoms with Crippen LogP contribution >= 0.6 is 11.3 Å². The molecule has 0 aliphatic carbocycles. The average Bonchev–Trinajstić information content (AvgIpc) is 3.07. The lowest BCUT2D eigenvalue weighted by Gasteiger charge is -2.16. The number of nitrogens with one attached hydrogen (secondary N) is 1. The van der Waals surface area contributed by atoms with Crippen molar-refractivity contribution in [1.29, 1.82) is 0 Å². The van der Waals surface area contributed by atoms with Crippen LogP contribution in [0.25, 0.3) is 0 Å². The molecule has 0 aromatic carbocycles. The molecule has 0 aliphatic heterocycles. The van der Waals surface area contributed by atoms with E-state index in [0.717, 1.165) is 24.8 Å². The zero-order valence-electron chi connectivity index (χ0n) is 13.6. The highest BCUT2D eigenvalue weighted by Gasteiger charge is 2.13. The molecule has 0 aliphatic rings. The van der Waals surface area contributed by atoms with Gasteiger partial charge < -0.3 is 10.2 Å². The molecule has 21 heavy (non-hydrogen) atoms. The monoisotopic (exact) mass is 307 g/mol. The fraction of sp³-hybridized carbons (Fsp3) is 0.600. The Morgan fingerprint density at radius 3 is 2.62 bits per heavy atom. The molecule has 116 valence electrons. The smallest absolute Gasteiger partial charge is 0.185 e. The largest absolute Gasteiger partial charge is 0.349 e. The highest BCUT2D eigenvalue weighted by Crippen LogP contribution is 2.23. The molecule has 0 fully saturated rings. The van der Waals surface area contributed by atoms with Crippen LogP contribution in [0, 0.1) is 6.92 Å². The van der Waals surface area contributed by atoms with Crippen LogP contribution in [-0.4, -0.2) is 27.9 Å². The molecule has 6 heteroatoms. The number of hydrogen-bond donors (Lipinski definition) is 1. The molecule has 2 heterocycles. The average molecular weight is 307 g/mol. The van der Waals surface area contributed by atoms with Gasteiger partial charge in [-0.3, -0.25) is 4.68 Å². The number of aryl methyl sites for hydroxylation is 1. The summed E-state index contributed by atoms with van der Waals surface area (Å²) in [6.45, 7) is 11.5. The Labute approximate surface area is 131 Å². The lowest BCUT2D eigenvalue weighted by atomic mass is 10.1. The Morgan fingerprint density at radius 1 is 1.33 bits per heavy atom. The second kappa shape index (κ2) is 7.04. The summed E-state index contributed by atoms with van der Waals surface area (Å²) in [5.41, 5.74) is 2.47. The SMILES string of the molecule is CCN(CC)c1ncc(CNC(C)c2cnn(C)c2C)s1. The molecule has 0 saturated heterocycles. The van der Waals surface area contributed by atoms with Crippen molar-refractivity contribution in [3.8, 4) is 0 Å². The first-order chi connectivity index (χ1) is 10.1. The van der Waals surface area contributed by atoms with E-state index in [0.29, 0.717) is 0 Å². The molecular weight excluding hydrogens is 282 g/mol. The molecule has 2 aromatic heterocycles. The fourth-order valence-corrected chi connectivity index (χ4v) is 3.31. The van der Waals surface area contributed by atoms with Gasteiger partial charge in [-0.15, -0.1) is 11.3 Å². The van der Waals surface area contributed by atoms with E-state index >= 15 is 0 Å². The summed E-state index contributed by atoms with van der Waals surface area (Å²) in [5.74, 6) is 0. The van der Waals surface area contributed by atoms with E-state index in [2.05, 4.69) is 48.0 Å². The summed E-state index contributed by atoms with van der Waals surface area (Å²) in [6, 6.07) is 0.290. The summed E-state index contributed by atoms with van der Waals surface area (Å²) in [5, 5.41) is 8.97. The van der Waals surface area contributed by atoms with E-state index in [1.54, 1.807) is 11.3 Å². The van der Waals surface area contributed by atoms with Crippen LogP contribution in [0.15, 0.2) is 12.4 Å². The maximum absolute atomic E-state index is 4.52. The Balaban J connectivity index is 1.95. The molecule has 1 N–H and O–H groups in total. The number of aromatic nitrogens is 3. The number of thiazole rings is 1. The molecular formula is C15H25N5S. The molecule has 2 rings (SSSR count). The van der Waals surface area contributed by atoms with Crippen LogP contribution in [0.3, 0.4) is 0 Å². The van der Waals surface area contributed by atoms with Gasteiger partial charge in [0.1, 0.15) is 0 Å². The topological polar surface area (TPSA) is 46.0 Å². The van der Waals surface area contributed by atoms with Gasteiger partial charge in [-0.1, -0.05) is 0 Å². The molecule has 0 radical (unpaired) electrons. The Bertz CT molecular complexity index is 570. The van der Waals surface area contributed by atoms with Crippen molar-refractivity contribution in [2.24, 2.45) is 7.05 Å². The van der Waals surface area contributed by atoms with Crippen molar-refractivity contribution < 1.29 is 0 Å². The van der Waals surface area contributed by atoms with Crippen molar-refractivity contribution in [1.82, 2.24) is 20.1 Å². The third-order valence-corrected chi connectivity index (χ3v) is 4.96. The minimum absolute atomic E-state index is 0.290. The quantitative estimate of drug-likeness (QED) is 0.854. The number of rotatable bonds is 7. The van der Waals surface area contributed by atoms with E-state index < -0.39 is 0 Å². The van der Waals surface area contributed by atoms with E-state index in [1.165, 1.54) is 16.1 Å². The molecule has 0 amide bonds. The van der Waals surface area contributed by atoms with Gasteiger partial charge in [0.25, 0.3) is 0 Å². The molecule has 2 aromatic rings. The van der Waals surface area contributed by atoms with Crippen LogP contribution in [-0.2, 0) is 13.6 Å². The zero-order chi connectivity index (χ0) is 15.4. The highest BCUT2D eigenvalue weighted by molar-refractivity contribution is 7.15. The lowest BCUT2D eigenvalue weighted by molar-refractivity contribution is 0.574. The number of anilines is 1. The van der Waals surface area contributed by atoms with Crippen LogP contribution < -0.4 is 10.2 Å². The van der Waals surface area contributed by atoms with Crippen molar-refractivity contribution >= 4 is 16.5 Å². The van der Waals surface area contributed by atoms with Crippen molar-refractivity contribution in [3.05, 3.63) is 28.5 Å². The highest BCUT2D eigenvalue weighted by atomic mass is 32.1. The van der Waals surface area contributed by atoms with Crippen LogP contribution in [0.4, 0.5) is 5.13 Å². The summed E-state index contributed by atoms with van der Waals surface area (Å²) in [6.07, 6.45) is 3.93. The Morgan fingerprint density at radius 2 is 2.05 bits per heavy atom. The van der Waals surface area contributed by atoms with E-state index in [1.807, 2.05) is 24.1 Å². The van der Waals surface area contributed by atoms with Gasteiger partial charge in [-0.2, -0.15) is 5.10 Å². The summed E-state index contributed by atoms with van der Waals surface area (Å²) in [7, 11) is 1.98. The van der Waals surface area contributed by atoms with E-state index in [-0.39, 0.29) is 6.04 Å². The van der Waals surface area contributed by atoms with Crippen molar-refractivity contribution in [2.75, 3.05) is 18.0 Å². The standard InChI is InChI=1S/C15H25N5S/c1-6-20(7-2)15-17-9-13(21-15)8-16-11(3)14-10-18-19(5)12(14)4/h9-11,16H,6-8H2,1-5H3. The minimum atomic E-state index is 0.290. The third kappa shape index (κ3) is 3.63. The molecule has 1 atom stereocenters. The first-order valence-electron chi connectivity index (χ1n) is 7.48. The minimum Gasteiger partial charge on any atom is -0.349 e. The van der Waals surface area contributed by atoms with Gasteiger partial charge in [-0.25, -0.2) is 4.98 Å². The second-order valence-electron chi connectivity index (χ2n) is 5.19. The summed E-state index contributed by atoms with van der Waals surface area (Å²) in [4.78, 5) is 8.07. The first kappa shape index (κ1) is 16.0. The van der Waals surface area contributed by atoms with Crippen LogP contribution in [0.2, 0.25) is 0 Å². The van der Waals surface area contributed by atoms with Crippen molar-refractivity contribution in [3.63, 3.8) is 0 Å². The fourth-order valence-electron chi connectivity index (χ4n) is 2.32. The number of hydrogen-bond acceptors (Lipinski definition) is 5. The van der Waals surface area contributed by atoms with Gasteiger partial charge in [0.15, 0.2) is 5.13 Å². The van der Waals surface area contributed by atoms with Crippen LogP contribution in [0.5, 0.6) is 0 Å². The Hall–Kier alpha value is -1.40. The normalized spacial score (nSPS) is 12.6. The molecule has 5 nitrogen and oxygen atoms in total. The second-order valence-corrected chi connectivity index (χ2v) is 6.29. The third-order valence-electron chi connectivity index (χ3n) is 3.90. The van der Waals surface area contributed by atoms with Gasteiger partial charge in [-0.05, 0) is 27.7 Å². The molecule has 1 unspecified atom stereocenters. The summed E-state index contributed by atoms with van der Waals surface area (Å²) >= 11 is 1.77. The lowest BCUT2D eigenvalue weighted by Crippen LogP contribution is -2.21. The Kier molecular flexibility index (Phi) is 5.36. The number of nitrogens with zero attached hydrogens (tertiary/aromatic N) is 4. The van der Waals surface area contributed by atoms with E-state index in [9.17, 15) is 0 Å². The van der Waals surface area contributed by atoms with Crippen molar-refractivity contribution in [2.45, 2.75) is 40.3 Å².